The van der Waals surface area contributed by atoms with E-state index in [1.165, 1.54) is 22.8 Å². The van der Waals surface area contributed by atoms with Crippen LogP contribution < -0.4 is 15.6 Å². The molecule has 3 N–H and O–H groups in total. The van der Waals surface area contributed by atoms with Gasteiger partial charge in [-0.3, -0.25) is 19.0 Å². The van der Waals surface area contributed by atoms with Crippen molar-refractivity contribution >= 4 is 22.8 Å². The van der Waals surface area contributed by atoms with E-state index in [4.69, 9.17) is 9.84 Å². The number of ether oxygens (including phenoxy) is 1. The normalized spacial score (nSPS) is 15.2. The number of amides is 1. The molecule has 0 fully saturated rings. The zero-order chi connectivity index (χ0) is 23.9. The molecule has 0 radical (unpaired) electrons. The van der Waals surface area contributed by atoms with Crippen LogP contribution in [-0.4, -0.2) is 39.8 Å². The molecule has 0 saturated heterocycles. The summed E-state index contributed by atoms with van der Waals surface area (Å²) >= 11 is 0. The second-order valence-electron chi connectivity index (χ2n) is 7.49. The number of aromatic nitrogens is 1. The first-order valence-electron chi connectivity index (χ1n) is 9.77. The van der Waals surface area contributed by atoms with Gasteiger partial charge in [0.15, 0.2) is 0 Å². The fourth-order valence-corrected chi connectivity index (χ4v) is 3.85. The number of alkyl halides is 3. The summed E-state index contributed by atoms with van der Waals surface area (Å²) in [7, 11) is 0. The number of para-hydroxylation sites is 1. The maximum atomic E-state index is 13.3. The monoisotopic (exact) mass is 462 g/mol. The summed E-state index contributed by atoms with van der Waals surface area (Å²) in [4.78, 5) is 36.6. The number of carboxylic acids is 1. The van der Waals surface area contributed by atoms with Crippen LogP contribution >= 0.6 is 0 Å². The molecule has 11 heteroatoms. The number of hydrogen-bond acceptors (Lipinski definition) is 5. The van der Waals surface area contributed by atoms with Crippen molar-refractivity contribution in [2.45, 2.75) is 18.6 Å². The molecule has 2 heterocycles. The van der Waals surface area contributed by atoms with E-state index >= 15 is 0 Å². The Morgan fingerprint density at radius 3 is 2.48 bits per heavy atom. The summed E-state index contributed by atoms with van der Waals surface area (Å²) < 4.78 is 45.5. The van der Waals surface area contributed by atoms with Gasteiger partial charge in [-0.15, -0.1) is 0 Å². The van der Waals surface area contributed by atoms with E-state index in [0.29, 0.717) is 11.3 Å². The summed E-state index contributed by atoms with van der Waals surface area (Å²) in [6.45, 7) is -0.762. The number of rotatable bonds is 5. The largest absolute Gasteiger partial charge is 0.506 e. The average Bonchev–Trinajstić information content (AvgIpc) is 2.76. The summed E-state index contributed by atoms with van der Waals surface area (Å²) in [5.74, 6) is -2.72. The Labute approximate surface area is 183 Å². The minimum absolute atomic E-state index is 0.00595. The quantitative estimate of drug-likeness (QED) is 0.537. The fourth-order valence-electron chi connectivity index (χ4n) is 3.85. The number of carboxylic acid groups (broad SMARTS) is 1. The third-order valence-corrected chi connectivity index (χ3v) is 5.34. The highest BCUT2D eigenvalue weighted by molar-refractivity contribution is 6.04. The second-order valence-corrected chi connectivity index (χ2v) is 7.49. The van der Waals surface area contributed by atoms with Gasteiger partial charge in [0.25, 0.3) is 11.5 Å². The van der Waals surface area contributed by atoms with Crippen molar-refractivity contribution in [2.24, 2.45) is 0 Å². The fraction of sp³-hybridized carbons (Fsp3) is 0.227. The number of nitrogens with one attached hydrogen (secondary N) is 1. The molecule has 2 aromatic carbocycles. The van der Waals surface area contributed by atoms with Gasteiger partial charge < -0.3 is 20.3 Å². The number of aliphatic carboxylic acids is 1. The standard InChI is InChI=1S/C22H17F3N2O6/c23-22(24,25)12-6-4-11(5-7-12)8-13-10-33-15-3-1-2-14-18(15)27(13)21(32)17(19(14)30)20(31)26-9-16(28)29/h1-7,13,30H,8-10H2,(H,26,31)(H,28,29). The van der Waals surface area contributed by atoms with Crippen LogP contribution in [0.2, 0.25) is 0 Å². The molecule has 172 valence electrons. The van der Waals surface area contributed by atoms with Crippen LogP contribution in [0.5, 0.6) is 11.5 Å². The van der Waals surface area contributed by atoms with Crippen LogP contribution in [0.4, 0.5) is 13.2 Å². The van der Waals surface area contributed by atoms with Gasteiger partial charge in [0, 0.05) is 5.39 Å². The Hall–Kier alpha value is -4.02. The topological polar surface area (TPSA) is 118 Å². The number of carbonyl (C=O) groups excluding carboxylic acids is 1. The molecule has 1 aromatic heterocycles. The molecule has 0 aliphatic carbocycles. The van der Waals surface area contributed by atoms with E-state index in [1.54, 1.807) is 12.1 Å². The van der Waals surface area contributed by atoms with Gasteiger partial charge in [0.2, 0.25) is 0 Å². The van der Waals surface area contributed by atoms with E-state index in [-0.39, 0.29) is 23.9 Å². The van der Waals surface area contributed by atoms with Crippen molar-refractivity contribution in [1.29, 1.82) is 0 Å². The second kappa shape index (κ2) is 8.15. The highest BCUT2D eigenvalue weighted by Crippen LogP contribution is 2.37. The molecule has 4 rings (SSSR count). The summed E-state index contributed by atoms with van der Waals surface area (Å²) in [5, 5.41) is 21.6. The summed E-state index contributed by atoms with van der Waals surface area (Å²) in [6, 6.07) is 8.39. The van der Waals surface area contributed by atoms with Crippen LogP contribution in [0.15, 0.2) is 47.3 Å². The van der Waals surface area contributed by atoms with Crippen LogP contribution in [0.25, 0.3) is 10.9 Å². The number of pyridine rings is 1. The SMILES string of the molecule is O=C(O)CNC(=O)c1c(O)c2cccc3c2n(c1=O)C(Cc1ccc(C(F)(F)F)cc1)CO3. The van der Waals surface area contributed by atoms with Crippen molar-refractivity contribution in [3.63, 3.8) is 0 Å². The van der Waals surface area contributed by atoms with Gasteiger partial charge in [-0.05, 0) is 36.2 Å². The molecular weight excluding hydrogens is 445 g/mol. The molecule has 1 aliphatic rings. The molecule has 8 nitrogen and oxygen atoms in total. The van der Waals surface area contributed by atoms with Gasteiger partial charge in [-0.25, -0.2) is 0 Å². The number of halogens is 3. The van der Waals surface area contributed by atoms with Gasteiger partial charge in [-0.1, -0.05) is 18.2 Å². The molecule has 0 bridgehead atoms. The van der Waals surface area contributed by atoms with Crippen molar-refractivity contribution in [3.05, 3.63) is 69.5 Å². The molecule has 1 atom stereocenters. The van der Waals surface area contributed by atoms with Crippen LogP contribution in [0.1, 0.15) is 27.5 Å². The third-order valence-electron chi connectivity index (χ3n) is 5.34. The number of carbonyl (C=O) groups is 2. The minimum Gasteiger partial charge on any atom is -0.506 e. The van der Waals surface area contributed by atoms with E-state index < -0.39 is 53.1 Å². The lowest BCUT2D eigenvalue weighted by Gasteiger charge is -2.29. The van der Waals surface area contributed by atoms with Crippen LogP contribution in [0.3, 0.4) is 0 Å². The molecule has 3 aromatic rings. The predicted octanol–water partition coefficient (Wildman–Crippen LogP) is 2.72. The van der Waals surface area contributed by atoms with Crippen molar-refractivity contribution in [3.8, 4) is 11.5 Å². The van der Waals surface area contributed by atoms with E-state index in [0.717, 1.165) is 12.1 Å². The Morgan fingerprint density at radius 1 is 1.15 bits per heavy atom. The first-order chi connectivity index (χ1) is 15.6. The highest BCUT2D eigenvalue weighted by Gasteiger charge is 2.32. The Balaban J connectivity index is 1.80. The van der Waals surface area contributed by atoms with E-state index in [1.807, 2.05) is 0 Å². The first-order valence-corrected chi connectivity index (χ1v) is 9.77. The van der Waals surface area contributed by atoms with Gasteiger partial charge in [0.05, 0.1) is 17.1 Å². The Morgan fingerprint density at radius 2 is 1.85 bits per heavy atom. The molecule has 33 heavy (non-hydrogen) atoms. The average molecular weight is 462 g/mol. The maximum Gasteiger partial charge on any atom is 0.416 e. The van der Waals surface area contributed by atoms with Crippen LogP contribution in [-0.2, 0) is 17.4 Å². The zero-order valence-electron chi connectivity index (χ0n) is 16.8. The minimum atomic E-state index is -4.48. The van der Waals surface area contributed by atoms with E-state index in [2.05, 4.69) is 5.32 Å². The van der Waals surface area contributed by atoms with Crippen molar-refractivity contribution in [2.75, 3.05) is 13.2 Å². The van der Waals surface area contributed by atoms with Gasteiger partial charge in [-0.2, -0.15) is 13.2 Å². The predicted molar refractivity (Wildman–Crippen MR) is 110 cm³/mol. The zero-order valence-corrected chi connectivity index (χ0v) is 16.8. The lowest BCUT2D eigenvalue weighted by molar-refractivity contribution is -0.138. The highest BCUT2D eigenvalue weighted by atomic mass is 19.4. The van der Waals surface area contributed by atoms with E-state index in [9.17, 15) is 32.7 Å². The number of nitrogens with zero attached hydrogens (tertiary/aromatic N) is 1. The molecule has 0 saturated carbocycles. The summed E-state index contributed by atoms with van der Waals surface area (Å²) in [5.41, 5.74) is -1.56. The van der Waals surface area contributed by atoms with Crippen LogP contribution in [0, 0.1) is 0 Å². The Bertz CT molecular complexity index is 1310. The maximum absolute atomic E-state index is 13.3. The van der Waals surface area contributed by atoms with Gasteiger partial charge in [0.1, 0.15) is 30.2 Å². The number of aromatic hydroxyl groups is 1. The molecule has 1 unspecified atom stereocenters. The number of benzene rings is 2. The molecular formula is C22H17F3N2O6. The van der Waals surface area contributed by atoms with Crippen molar-refractivity contribution in [1.82, 2.24) is 9.88 Å². The summed E-state index contributed by atoms with van der Waals surface area (Å²) in [6.07, 6.45) is -4.37. The van der Waals surface area contributed by atoms with Crippen molar-refractivity contribution < 1.29 is 37.7 Å². The lowest BCUT2D eigenvalue weighted by Crippen LogP contribution is -2.39. The smallest absolute Gasteiger partial charge is 0.416 e. The Kier molecular flexibility index (Phi) is 5.48. The molecule has 1 amide bonds. The molecule has 0 spiro atoms. The third kappa shape index (κ3) is 4.09. The molecule has 1 aliphatic heterocycles. The van der Waals surface area contributed by atoms with Gasteiger partial charge >= 0.3 is 12.1 Å². The lowest BCUT2D eigenvalue weighted by atomic mass is 10.0. The number of hydrogen-bond donors (Lipinski definition) is 3. The first kappa shape index (κ1) is 22.2.